The van der Waals surface area contributed by atoms with Crippen molar-refractivity contribution in [3.8, 4) is 11.4 Å². The van der Waals surface area contributed by atoms with Crippen LogP contribution < -0.4 is 5.32 Å². The lowest BCUT2D eigenvalue weighted by Gasteiger charge is -2.18. The van der Waals surface area contributed by atoms with Crippen molar-refractivity contribution in [1.29, 1.82) is 0 Å². The molecule has 0 radical (unpaired) electrons. The molecule has 150 valence electrons. The van der Waals surface area contributed by atoms with Gasteiger partial charge in [-0.3, -0.25) is 14.4 Å². The predicted octanol–water partition coefficient (Wildman–Crippen LogP) is 2.75. The fourth-order valence-electron chi connectivity index (χ4n) is 3.52. The van der Waals surface area contributed by atoms with Gasteiger partial charge in [-0.15, -0.1) is 10.2 Å². The van der Waals surface area contributed by atoms with Crippen LogP contribution in [0.3, 0.4) is 0 Å². The molecule has 1 aromatic heterocycles. The third-order valence-electron chi connectivity index (χ3n) is 4.98. The van der Waals surface area contributed by atoms with Gasteiger partial charge in [-0.2, -0.15) is 4.80 Å². The minimum atomic E-state index is -0.382. The highest BCUT2D eigenvalue weighted by Crippen LogP contribution is 2.29. The minimum absolute atomic E-state index is 0.146. The summed E-state index contributed by atoms with van der Waals surface area (Å²) in [6.45, 7) is -0.146. The van der Waals surface area contributed by atoms with Crippen molar-refractivity contribution >= 4 is 23.2 Å². The first kappa shape index (κ1) is 18.6. The van der Waals surface area contributed by atoms with Gasteiger partial charge in [-0.1, -0.05) is 54.6 Å². The van der Waals surface area contributed by atoms with Crippen LogP contribution in [0, 0.1) is 0 Å². The molecule has 3 aromatic carbocycles. The number of tetrazole rings is 1. The van der Waals surface area contributed by atoms with E-state index in [-0.39, 0.29) is 29.6 Å². The van der Waals surface area contributed by atoms with Crippen LogP contribution in [-0.4, -0.2) is 37.7 Å². The van der Waals surface area contributed by atoms with Gasteiger partial charge in [0.25, 0.3) is 0 Å². The molecule has 1 aliphatic carbocycles. The number of hydrogen-bond acceptors (Lipinski definition) is 6. The van der Waals surface area contributed by atoms with Gasteiger partial charge in [-0.05, 0) is 23.4 Å². The second kappa shape index (κ2) is 7.42. The largest absolute Gasteiger partial charge is 0.324 e. The van der Waals surface area contributed by atoms with E-state index in [0.717, 1.165) is 5.56 Å². The molecule has 0 aliphatic heterocycles. The molecule has 0 atom stereocenters. The molecule has 0 unspecified atom stereocenters. The first-order chi connectivity index (χ1) is 15.1. The molecule has 0 fully saturated rings. The highest BCUT2D eigenvalue weighted by atomic mass is 16.2. The van der Waals surface area contributed by atoms with E-state index in [2.05, 4.69) is 20.7 Å². The van der Waals surface area contributed by atoms with Crippen LogP contribution in [0.1, 0.15) is 31.8 Å². The number of hydrogen-bond donors (Lipinski definition) is 1. The third kappa shape index (κ3) is 3.40. The van der Waals surface area contributed by atoms with E-state index >= 15 is 0 Å². The number of nitrogens with one attached hydrogen (secondary N) is 1. The molecular formula is C23H15N5O3. The summed E-state index contributed by atoms with van der Waals surface area (Å²) < 4.78 is 0. The van der Waals surface area contributed by atoms with Gasteiger partial charge >= 0.3 is 0 Å². The number of carbonyl (C=O) groups is 3. The average Bonchev–Trinajstić information content (AvgIpc) is 3.26. The lowest BCUT2D eigenvalue weighted by atomic mass is 9.84. The summed E-state index contributed by atoms with van der Waals surface area (Å²) in [5.74, 6) is -0.410. The minimum Gasteiger partial charge on any atom is -0.324 e. The molecule has 5 rings (SSSR count). The van der Waals surface area contributed by atoms with Gasteiger partial charge in [0.1, 0.15) is 6.54 Å². The maximum atomic E-state index is 12.8. The molecule has 8 heteroatoms. The molecule has 0 saturated carbocycles. The van der Waals surface area contributed by atoms with Crippen LogP contribution >= 0.6 is 0 Å². The van der Waals surface area contributed by atoms with Gasteiger partial charge < -0.3 is 5.32 Å². The van der Waals surface area contributed by atoms with Crippen LogP contribution in [0.5, 0.6) is 0 Å². The Kier molecular flexibility index (Phi) is 4.44. The number of carbonyl (C=O) groups excluding carboxylic acids is 3. The zero-order valence-electron chi connectivity index (χ0n) is 16.1. The van der Waals surface area contributed by atoms with E-state index in [0.29, 0.717) is 28.2 Å². The number of ketones is 2. The SMILES string of the molecule is O=C(Cn1nnc(-c2ccccc2)n1)Nc1ccc2c(c1)C(=O)c1ccccc1C2=O. The Morgan fingerprint density at radius 1 is 0.806 bits per heavy atom. The molecule has 0 bridgehead atoms. The number of anilines is 1. The highest BCUT2D eigenvalue weighted by Gasteiger charge is 2.29. The van der Waals surface area contributed by atoms with E-state index in [1.807, 2.05) is 30.3 Å². The fraction of sp³-hybridized carbons (Fsp3) is 0.0435. The zero-order valence-corrected chi connectivity index (χ0v) is 16.1. The molecule has 1 heterocycles. The van der Waals surface area contributed by atoms with Crippen molar-refractivity contribution in [2.24, 2.45) is 0 Å². The Morgan fingerprint density at radius 3 is 2.19 bits per heavy atom. The first-order valence-corrected chi connectivity index (χ1v) is 9.56. The normalized spacial score (nSPS) is 12.3. The van der Waals surface area contributed by atoms with E-state index in [1.54, 1.807) is 36.4 Å². The van der Waals surface area contributed by atoms with Crippen molar-refractivity contribution in [2.75, 3.05) is 5.32 Å². The summed E-state index contributed by atoms with van der Waals surface area (Å²) in [5, 5.41) is 14.8. The zero-order chi connectivity index (χ0) is 21.4. The van der Waals surface area contributed by atoms with Crippen LogP contribution in [0.2, 0.25) is 0 Å². The standard InChI is InChI=1S/C23H15N5O3/c29-20(13-28-26-23(25-27-28)14-6-2-1-3-7-14)24-15-10-11-18-19(12-15)22(31)17-9-5-4-8-16(17)21(18)30/h1-12H,13H2,(H,24,29). The Morgan fingerprint density at radius 2 is 1.45 bits per heavy atom. The van der Waals surface area contributed by atoms with Gasteiger partial charge in [0.05, 0.1) is 0 Å². The fourth-order valence-corrected chi connectivity index (χ4v) is 3.52. The molecule has 8 nitrogen and oxygen atoms in total. The summed E-state index contributed by atoms with van der Waals surface area (Å²) >= 11 is 0. The second-order valence-electron chi connectivity index (χ2n) is 7.02. The molecule has 1 N–H and O–H groups in total. The maximum Gasteiger partial charge on any atom is 0.248 e. The average molecular weight is 409 g/mol. The van der Waals surface area contributed by atoms with Crippen LogP contribution in [0.25, 0.3) is 11.4 Å². The second-order valence-corrected chi connectivity index (χ2v) is 7.02. The van der Waals surface area contributed by atoms with Crippen LogP contribution in [0.4, 0.5) is 5.69 Å². The molecule has 1 aliphatic rings. The summed E-state index contributed by atoms with van der Waals surface area (Å²) in [4.78, 5) is 39.1. The smallest absolute Gasteiger partial charge is 0.248 e. The number of nitrogens with zero attached hydrogens (tertiary/aromatic N) is 4. The number of benzene rings is 3. The Balaban J connectivity index is 1.33. The van der Waals surface area contributed by atoms with Crippen molar-refractivity contribution in [3.63, 3.8) is 0 Å². The van der Waals surface area contributed by atoms with Crippen LogP contribution in [0.15, 0.2) is 72.8 Å². The quantitative estimate of drug-likeness (QED) is 0.489. The number of amides is 1. The molecule has 4 aromatic rings. The lowest BCUT2D eigenvalue weighted by Crippen LogP contribution is -2.23. The summed E-state index contributed by atoms with van der Waals surface area (Å²) in [6.07, 6.45) is 0. The van der Waals surface area contributed by atoms with Crippen molar-refractivity contribution < 1.29 is 14.4 Å². The summed E-state index contributed by atoms with van der Waals surface area (Å²) in [5.41, 5.74) is 2.56. The Hall–Kier alpha value is -4.46. The van der Waals surface area contributed by atoms with E-state index in [9.17, 15) is 14.4 Å². The number of fused-ring (bicyclic) bond motifs is 2. The third-order valence-corrected chi connectivity index (χ3v) is 4.98. The molecular weight excluding hydrogens is 394 g/mol. The Bertz CT molecular complexity index is 1340. The highest BCUT2D eigenvalue weighted by molar-refractivity contribution is 6.28. The van der Waals surface area contributed by atoms with Gasteiger partial charge in [0.2, 0.25) is 11.7 Å². The van der Waals surface area contributed by atoms with E-state index in [4.69, 9.17) is 0 Å². The van der Waals surface area contributed by atoms with Gasteiger partial charge in [-0.25, -0.2) is 0 Å². The summed E-state index contributed by atoms with van der Waals surface area (Å²) in [7, 11) is 0. The van der Waals surface area contributed by atoms with Crippen LogP contribution in [-0.2, 0) is 11.3 Å². The summed E-state index contributed by atoms with van der Waals surface area (Å²) in [6, 6.07) is 20.7. The topological polar surface area (TPSA) is 107 Å². The van der Waals surface area contributed by atoms with Gasteiger partial charge in [0.15, 0.2) is 11.6 Å². The maximum absolute atomic E-state index is 12.8. The van der Waals surface area contributed by atoms with Crippen molar-refractivity contribution in [1.82, 2.24) is 20.2 Å². The van der Waals surface area contributed by atoms with Crippen molar-refractivity contribution in [2.45, 2.75) is 6.54 Å². The number of aromatic nitrogens is 4. The first-order valence-electron chi connectivity index (χ1n) is 9.56. The lowest BCUT2D eigenvalue weighted by molar-refractivity contribution is -0.117. The van der Waals surface area contributed by atoms with E-state index in [1.165, 1.54) is 10.9 Å². The monoisotopic (exact) mass is 409 g/mol. The molecule has 0 spiro atoms. The van der Waals surface area contributed by atoms with Crippen molar-refractivity contribution in [3.05, 3.63) is 95.1 Å². The Labute approximate surface area is 176 Å². The molecule has 1 amide bonds. The van der Waals surface area contributed by atoms with Gasteiger partial charge in [0, 0.05) is 33.5 Å². The number of rotatable bonds is 4. The predicted molar refractivity (Wildman–Crippen MR) is 112 cm³/mol. The van der Waals surface area contributed by atoms with E-state index < -0.39 is 0 Å². The molecule has 31 heavy (non-hydrogen) atoms. The molecule has 0 saturated heterocycles.